The lowest BCUT2D eigenvalue weighted by molar-refractivity contribution is -0.141. The number of anilines is 1. The minimum Gasteiger partial charge on any atom is -0.497 e. The summed E-state index contributed by atoms with van der Waals surface area (Å²) in [6.07, 6.45) is 1.70. The number of rotatable bonds is 4. The molecule has 0 spiro atoms. The Balaban J connectivity index is 1.87. The van der Waals surface area contributed by atoms with Crippen LogP contribution in [-0.4, -0.2) is 41.2 Å². The summed E-state index contributed by atoms with van der Waals surface area (Å²) in [6, 6.07) is 9.43. The maximum atomic E-state index is 11.7. The van der Waals surface area contributed by atoms with E-state index in [1.807, 2.05) is 42.2 Å². The van der Waals surface area contributed by atoms with E-state index in [-0.39, 0.29) is 5.92 Å². The first kappa shape index (κ1) is 15.3. The van der Waals surface area contributed by atoms with Crippen LogP contribution in [0.5, 0.6) is 5.75 Å². The molecule has 23 heavy (non-hydrogen) atoms. The van der Waals surface area contributed by atoms with E-state index in [4.69, 9.17) is 4.74 Å². The largest absolute Gasteiger partial charge is 0.497 e. The van der Waals surface area contributed by atoms with Gasteiger partial charge >= 0.3 is 5.97 Å². The van der Waals surface area contributed by atoms with Crippen molar-refractivity contribution >= 4 is 11.8 Å². The van der Waals surface area contributed by atoms with E-state index >= 15 is 0 Å². The summed E-state index contributed by atoms with van der Waals surface area (Å²) in [5.74, 6) is 0.912. The number of carboxylic acid groups (broad SMARTS) is 1. The van der Waals surface area contributed by atoms with Crippen molar-refractivity contribution < 1.29 is 14.6 Å². The van der Waals surface area contributed by atoms with Crippen LogP contribution in [-0.2, 0) is 4.79 Å². The predicted molar refractivity (Wildman–Crippen MR) is 85.8 cm³/mol. The number of methoxy groups -OCH3 is 1. The number of nitrogens with zero attached hydrogens (tertiary/aromatic N) is 3. The number of aryl methyl sites for hydroxylation is 1. The Morgan fingerprint density at radius 1 is 1.26 bits per heavy atom. The van der Waals surface area contributed by atoms with E-state index in [2.05, 4.69) is 9.97 Å². The van der Waals surface area contributed by atoms with Gasteiger partial charge in [0.15, 0.2) is 0 Å². The van der Waals surface area contributed by atoms with Crippen LogP contribution >= 0.6 is 0 Å². The molecule has 0 aliphatic carbocycles. The highest BCUT2D eigenvalue weighted by molar-refractivity contribution is 5.73. The third-order valence-corrected chi connectivity index (χ3v) is 4.27. The molecule has 3 rings (SSSR count). The number of aromatic nitrogens is 2. The summed E-state index contributed by atoms with van der Waals surface area (Å²) in [7, 11) is 1.61. The lowest BCUT2D eigenvalue weighted by Gasteiger charge is -2.17. The van der Waals surface area contributed by atoms with Crippen LogP contribution in [0.4, 0.5) is 5.82 Å². The van der Waals surface area contributed by atoms with Gasteiger partial charge in [-0.1, -0.05) is 12.1 Å². The SMILES string of the molecule is COc1ccc([C@@H]2CN(c3ccnc(C)n3)C[C@H]2C(=O)O)cc1. The van der Waals surface area contributed by atoms with Gasteiger partial charge in [-0.05, 0) is 30.7 Å². The first-order chi connectivity index (χ1) is 11.1. The van der Waals surface area contributed by atoms with Crippen LogP contribution in [0.1, 0.15) is 17.3 Å². The third kappa shape index (κ3) is 3.11. The Labute approximate surface area is 134 Å². The lowest BCUT2D eigenvalue weighted by atomic mass is 9.89. The highest BCUT2D eigenvalue weighted by Gasteiger charge is 2.39. The number of carbonyl (C=O) groups is 1. The Bertz CT molecular complexity index is 702. The molecule has 0 radical (unpaired) electrons. The van der Waals surface area contributed by atoms with Crippen LogP contribution in [0.2, 0.25) is 0 Å². The molecular formula is C17H19N3O3. The number of carboxylic acids is 1. The van der Waals surface area contributed by atoms with Crippen LogP contribution in [0.25, 0.3) is 0 Å². The zero-order chi connectivity index (χ0) is 16.4. The van der Waals surface area contributed by atoms with Gasteiger partial charge in [-0.15, -0.1) is 0 Å². The average Bonchev–Trinajstić information content (AvgIpc) is 3.00. The number of aliphatic carboxylic acids is 1. The zero-order valence-electron chi connectivity index (χ0n) is 13.1. The van der Waals surface area contributed by atoms with Crippen LogP contribution in [0.3, 0.4) is 0 Å². The van der Waals surface area contributed by atoms with Gasteiger partial charge in [0.2, 0.25) is 0 Å². The molecule has 1 fully saturated rings. The molecule has 1 aliphatic rings. The molecule has 6 heteroatoms. The van der Waals surface area contributed by atoms with E-state index in [9.17, 15) is 9.90 Å². The van der Waals surface area contributed by atoms with Crippen LogP contribution < -0.4 is 9.64 Å². The number of hydrogen-bond acceptors (Lipinski definition) is 5. The normalized spacial score (nSPS) is 20.5. The fourth-order valence-electron chi connectivity index (χ4n) is 3.05. The van der Waals surface area contributed by atoms with Gasteiger partial charge in [0.25, 0.3) is 0 Å². The average molecular weight is 313 g/mol. The van der Waals surface area contributed by atoms with Crippen molar-refractivity contribution in [3.8, 4) is 5.75 Å². The van der Waals surface area contributed by atoms with Crippen molar-refractivity contribution in [2.24, 2.45) is 5.92 Å². The minimum atomic E-state index is -0.779. The number of benzene rings is 1. The molecular weight excluding hydrogens is 294 g/mol. The number of hydrogen-bond donors (Lipinski definition) is 1. The first-order valence-electron chi connectivity index (χ1n) is 7.50. The second kappa shape index (κ2) is 6.24. The maximum absolute atomic E-state index is 11.7. The zero-order valence-corrected chi connectivity index (χ0v) is 13.1. The fraction of sp³-hybridized carbons (Fsp3) is 0.353. The van der Waals surface area contributed by atoms with Crippen LogP contribution in [0, 0.1) is 12.8 Å². The summed E-state index contributed by atoms with van der Waals surface area (Å²) in [5, 5.41) is 9.58. The van der Waals surface area contributed by atoms with Crippen molar-refractivity contribution in [3.63, 3.8) is 0 Å². The molecule has 2 heterocycles. The second-order valence-electron chi connectivity index (χ2n) is 5.69. The van der Waals surface area contributed by atoms with E-state index in [1.165, 1.54) is 0 Å². The molecule has 0 bridgehead atoms. The van der Waals surface area contributed by atoms with E-state index in [0.717, 1.165) is 17.1 Å². The van der Waals surface area contributed by atoms with E-state index in [1.54, 1.807) is 13.3 Å². The van der Waals surface area contributed by atoms with Crippen molar-refractivity contribution in [1.29, 1.82) is 0 Å². The van der Waals surface area contributed by atoms with Crippen molar-refractivity contribution in [2.75, 3.05) is 25.1 Å². The standard InChI is InChI=1S/C17H19N3O3/c1-11-18-8-7-16(19-11)20-9-14(15(10-20)17(21)22)12-3-5-13(23-2)6-4-12/h3-8,14-15H,9-10H2,1-2H3,(H,21,22)/t14-,15+/m0/s1. The maximum Gasteiger partial charge on any atom is 0.308 e. The summed E-state index contributed by atoms with van der Waals surface area (Å²) in [6.45, 7) is 2.90. The molecule has 1 saturated heterocycles. The highest BCUT2D eigenvalue weighted by Crippen LogP contribution is 2.35. The molecule has 2 aromatic rings. The van der Waals surface area contributed by atoms with Gasteiger partial charge in [-0.3, -0.25) is 4.79 Å². The molecule has 120 valence electrons. The van der Waals surface area contributed by atoms with Gasteiger partial charge in [0.1, 0.15) is 17.4 Å². The Hall–Kier alpha value is -2.63. The van der Waals surface area contributed by atoms with Crippen molar-refractivity contribution in [1.82, 2.24) is 9.97 Å². The van der Waals surface area contributed by atoms with Crippen molar-refractivity contribution in [2.45, 2.75) is 12.8 Å². The van der Waals surface area contributed by atoms with Crippen molar-refractivity contribution in [3.05, 3.63) is 47.9 Å². The summed E-state index contributed by atoms with van der Waals surface area (Å²) in [5.41, 5.74) is 1.01. The Morgan fingerprint density at radius 2 is 2.00 bits per heavy atom. The minimum absolute atomic E-state index is 0.0753. The van der Waals surface area contributed by atoms with Gasteiger partial charge in [0, 0.05) is 25.2 Å². The monoisotopic (exact) mass is 313 g/mol. The van der Waals surface area contributed by atoms with Gasteiger partial charge in [-0.25, -0.2) is 9.97 Å². The third-order valence-electron chi connectivity index (χ3n) is 4.27. The molecule has 0 amide bonds. The first-order valence-corrected chi connectivity index (χ1v) is 7.50. The van der Waals surface area contributed by atoms with E-state index < -0.39 is 11.9 Å². The highest BCUT2D eigenvalue weighted by atomic mass is 16.5. The molecule has 6 nitrogen and oxygen atoms in total. The molecule has 0 saturated carbocycles. The topological polar surface area (TPSA) is 75.5 Å². The summed E-state index contributed by atoms with van der Waals surface area (Å²) in [4.78, 5) is 22.2. The predicted octanol–water partition coefficient (Wildman–Crippen LogP) is 2.10. The molecule has 1 aromatic heterocycles. The molecule has 0 unspecified atom stereocenters. The molecule has 1 N–H and O–H groups in total. The summed E-state index contributed by atoms with van der Waals surface area (Å²) >= 11 is 0. The molecule has 2 atom stereocenters. The quantitative estimate of drug-likeness (QED) is 0.931. The van der Waals surface area contributed by atoms with Gasteiger partial charge in [-0.2, -0.15) is 0 Å². The van der Waals surface area contributed by atoms with Gasteiger partial charge in [0.05, 0.1) is 13.0 Å². The smallest absolute Gasteiger partial charge is 0.308 e. The van der Waals surface area contributed by atoms with E-state index in [0.29, 0.717) is 18.9 Å². The fourth-order valence-corrected chi connectivity index (χ4v) is 3.05. The number of ether oxygens (including phenoxy) is 1. The Kier molecular flexibility index (Phi) is 4.14. The Morgan fingerprint density at radius 3 is 2.61 bits per heavy atom. The molecule has 1 aliphatic heterocycles. The van der Waals surface area contributed by atoms with Gasteiger partial charge < -0.3 is 14.7 Å². The molecule has 1 aromatic carbocycles. The second-order valence-corrected chi connectivity index (χ2v) is 5.69. The van der Waals surface area contributed by atoms with Crippen LogP contribution in [0.15, 0.2) is 36.5 Å². The summed E-state index contributed by atoms with van der Waals surface area (Å²) < 4.78 is 5.17. The lowest BCUT2D eigenvalue weighted by Crippen LogP contribution is -2.23.